The standard InChI is InChI=1S/C24H18O3S/c25-28(26,22-14-18-10-2-6-16-8-4-12-20(22)24(16)18)27-21-13-17-9-1-5-15-7-3-11-19(21)23(15)17/h1-12,21-22H,13-14H2. The SMILES string of the molecule is O=S(=O)(OC1Cc2cccc3cccc1c23)C1Cc2cccc3cccc1c23. The van der Waals surface area contributed by atoms with Crippen LogP contribution in [0.2, 0.25) is 0 Å². The Kier molecular flexibility index (Phi) is 3.29. The third-order valence-electron chi connectivity index (χ3n) is 6.15. The molecule has 0 saturated carbocycles. The Labute approximate surface area is 163 Å². The average Bonchev–Trinajstić information content (AvgIpc) is 3.25. The van der Waals surface area contributed by atoms with Crippen molar-refractivity contribution in [2.24, 2.45) is 0 Å². The Hall–Kier alpha value is -2.69. The second-order valence-corrected chi connectivity index (χ2v) is 9.45. The smallest absolute Gasteiger partial charge is 0.261 e. The normalized spacial score (nSPS) is 20.3. The molecule has 0 amide bonds. The summed E-state index contributed by atoms with van der Waals surface area (Å²) < 4.78 is 32.6. The third-order valence-corrected chi connectivity index (χ3v) is 7.77. The molecule has 4 aromatic carbocycles. The molecule has 2 aliphatic rings. The lowest BCUT2D eigenvalue weighted by Gasteiger charge is -2.18. The molecular formula is C24H18O3S. The molecule has 0 heterocycles. The van der Waals surface area contributed by atoms with Gasteiger partial charge in [0.25, 0.3) is 10.1 Å². The zero-order valence-corrected chi connectivity index (χ0v) is 15.9. The van der Waals surface area contributed by atoms with Crippen LogP contribution >= 0.6 is 0 Å². The Morgan fingerprint density at radius 1 is 0.679 bits per heavy atom. The molecule has 0 aromatic heterocycles. The Morgan fingerprint density at radius 3 is 1.89 bits per heavy atom. The van der Waals surface area contributed by atoms with E-state index in [9.17, 15) is 8.42 Å². The van der Waals surface area contributed by atoms with Crippen LogP contribution in [0.15, 0.2) is 72.8 Å². The molecule has 4 heteroatoms. The lowest BCUT2D eigenvalue weighted by atomic mass is 10.1. The lowest BCUT2D eigenvalue weighted by molar-refractivity contribution is 0.217. The summed E-state index contributed by atoms with van der Waals surface area (Å²) in [5, 5.41) is 3.79. The van der Waals surface area contributed by atoms with Crippen LogP contribution < -0.4 is 0 Å². The van der Waals surface area contributed by atoms with E-state index in [0.717, 1.165) is 43.8 Å². The fraction of sp³-hybridized carbons (Fsp3) is 0.167. The number of hydrogen-bond acceptors (Lipinski definition) is 3. The molecule has 2 aliphatic carbocycles. The molecule has 138 valence electrons. The van der Waals surface area contributed by atoms with E-state index < -0.39 is 21.5 Å². The molecule has 0 aliphatic heterocycles. The molecular weight excluding hydrogens is 368 g/mol. The first-order chi connectivity index (χ1) is 13.6. The van der Waals surface area contributed by atoms with Crippen molar-refractivity contribution in [2.75, 3.05) is 0 Å². The number of hydrogen-bond donors (Lipinski definition) is 0. The van der Waals surface area contributed by atoms with Crippen LogP contribution in [0.4, 0.5) is 0 Å². The van der Waals surface area contributed by atoms with Crippen molar-refractivity contribution >= 4 is 31.7 Å². The summed E-state index contributed by atoms with van der Waals surface area (Å²) in [6.45, 7) is 0. The molecule has 0 spiro atoms. The minimum absolute atomic E-state index is 0.450. The second kappa shape index (κ2) is 5.66. The van der Waals surface area contributed by atoms with Gasteiger partial charge in [-0.1, -0.05) is 72.8 Å². The van der Waals surface area contributed by atoms with Crippen molar-refractivity contribution in [1.29, 1.82) is 0 Å². The van der Waals surface area contributed by atoms with Crippen LogP contribution in [0.3, 0.4) is 0 Å². The van der Waals surface area contributed by atoms with E-state index in [1.165, 1.54) is 0 Å². The Balaban J connectivity index is 1.40. The maximum Gasteiger partial charge on any atom is 0.275 e. The molecule has 4 aromatic rings. The maximum atomic E-state index is 13.3. The van der Waals surface area contributed by atoms with E-state index in [2.05, 4.69) is 18.2 Å². The van der Waals surface area contributed by atoms with Crippen LogP contribution in [0, 0.1) is 0 Å². The summed E-state index contributed by atoms with van der Waals surface area (Å²) in [5.41, 5.74) is 4.08. The van der Waals surface area contributed by atoms with Gasteiger partial charge in [-0.05, 0) is 50.2 Å². The maximum absolute atomic E-state index is 13.3. The third kappa shape index (κ3) is 2.22. The summed E-state index contributed by atoms with van der Waals surface area (Å²) in [4.78, 5) is 0. The lowest BCUT2D eigenvalue weighted by Crippen LogP contribution is -2.19. The number of benzene rings is 4. The van der Waals surface area contributed by atoms with E-state index in [1.54, 1.807) is 0 Å². The Morgan fingerprint density at radius 2 is 1.21 bits per heavy atom. The predicted molar refractivity (Wildman–Crippen MR) is 111 cm³/mol. The summed E-state index contributed by atoms with van der Waals surface area (Å²) in [6.07, 6.45) is 0.622. The van der Waals surface area contributed by atoms with Gasteiger partial charge in [-0.2, -0.15) is 8.42 Å². The predicted octanol–water partition coefficient (Wildman–Crippen LogP) is 5.23. The van der Waals surface area contributed by atoms with E-state index in [1.807, 2.05) is 54.6 Å². The van der Waals surface area contributed by atoms with Gasteiger partial charge in [0.05, 0.1) is 0 Å². The van der Waals surface area contributed by atoms with Crippen LogP contribution in [-0.4, -0.2) is 8.42 Å². The van der Waals surface area contributed by atoms with Crippen LogP contribution in [0.1, 0.15) is 33.6 Å². The summed E-state index contributed by atoms with van der Waals surface area (Å²) in [7, 11) is -3.77. The highest BCUT2D eigenvalue weighted by atomic mass is 32.2. The van der Waals surface area contributed by atoms with Crippen LogP contribution in [0.5, 0.6) is 0 Å². The summed E-state index contributed by atoms with van der Waals surface area (Å²) in [5.74, 6) is 0. The molecule has 0 N–H and O–H groups in total. The molecule has 0 radical (unpaired) electrons. The van der Waals surface area contributed by atoms with Gasteiger partial charge in [-0.15, -0.1) is 0 Å². The fourth-order valence-corrected chi connectivity index (χ4v) is 6.49. The monoisotopic (exact) mass is 386 g/mol. The van der Waals surface area contributed by atoms with Gasteiger partial charge in [0.2, 0.25) is 0 Å². The van der Waals surface area contributed by atoms with Crippen molar-refractivity contribution in [1.82, 2.24) is 0 Å². The van der Waals surface area contributed by atoms with E-state index in [4.69, 9.17) is 4.18 Å². The number of rotatable bonds is 3. The second-order valence-electron chi connectivity index (χ2n) is 7.70. The van der Waals surface area contributed by atoms with Gasteiger partial charge in [0.1, 0.15) is 11.4 Å². The van der Waals surface area contributed by atoms with Crippen molar-refractivity contribution in [3.05, 3.63) is 95.1 Å². The van der Waals surface area contributed by atoms with Crippen LogP contribution in [-0.2, 0) is 27.1 Å². The molecule has 28 heavy (non-hydrogen) atoms. The topological polar surface area (TPSA) is 43.4 Å². The molecule has 0 fully saturated rings. The molecule has 3 nitrogen and oxygen atoms in total. The molecule has 0 bridgehead atoms. The van der Waals surface area contributed by atoms with Crippen LogP contribution in [0.25, 0.3) is 21.5 Å². The molecule has 6 rings (SSSR count). The largest absolute Gasteiger partial charge is 0.275 e. The van der Waals surface area contributed by atoms with Gasteiger partial charge in [-0.3, -0.25) is 4.18 Å². The summed E-state index contributed by atoms with van der Waals surface area (Å²) >= 11 is 0. The minimum atomic E-state index is -3.77. The zero-order valence-electron chi connectivity index (χ0n) is 15.1. The van der Waals surface area contributed by atoms with Crippen molar-refractivity contribution < 1.29 is 12.6 Å². The molecule has 2 unspecified atom stereocenters. The Bertz CT molecular complexity index is 1360. The highest BCUT2D eigenvalue weighted by Gasteiger charge is 2.38. The van der Waals surface area contributed by atoms with Gasteiger partial charge in [0.15, 0.2) is 0 Å². The highest BCUT2D eigenvalue weighted by molar-refractivity contribution is 7.87. The molecule has 2 atom stereocenters. The first-order valence-corrected chi connectivity index (χ1v) is 11.0. The minimum Gasteiger partial charge on any atom is -0.261 e. The summed E-state index contributed by atoms with van der Waals surface area (Å²) in [6, 6.07) is 24.1. The van der Waals surface area contributed by atoms with Gasteiger partial charge >= 0.3 is 0 Å². The highest BCUT2D eigenvalue weighted by Crippen LogP contribution is 2.45. The quantitative estimate of drug-likeness (QED) is 0.453. The first-order valence-electron chi connectivity index (χ1n) is 9.55. The van der Waals surface area contributed by atoms with E-state index in [-0.39, 0.29) is 0 Å². The van der Waals surface area contributed by atoms with Gasteiger partial charge < -0.3 is 0 Å². The van der Waals surface area contributed by atoms with Gasteiger partial charge in [0, 0.05) is 6.42 Å². The first kappa shape index (κ1) is 16.3. The van der Waals surface area contributed by atoms with Crippen molar-refractivity contribution in [3.63, 3.8) is 0 Å². The zero-order chi connectivity index (χ0) is 18.9. The average molecular weight is 386 g/mol. The molecule has 0 saturated heterocycles. The van der Waals surface area contributed by atoms with Crippen molar-refractivity contribution in [3.8, 4) is 0 Å². The fourth-order valence-electron chi connectivity index (χ4n) is 4.97. The van der Waals surface area contributed by atoms with E-state index in [0.29, 0.717) is 12.8 Å². The van der Waals surface area contributed by atoms with Crippen molar-refractivity contribution in [2.45, 2.75) is 24.2 Å². The van der Waals surface area contributed by atoms with E-state index >= 15 is 0 Å². The van der Waals surface area contributed by atoms with Gasteiger partial charge in [-0.25, -0.2) is 0 Å².